The molecule has 1 atom stereocenters. The van der Waals surface area contributed by atoms with Crippen LogP contribution in [0.2, 0.25) is 0 Å². The molecule has 0 spiro atoms. The number of hydrogen-bond donors (Lipinski definition) is 2. The standard InChI is InChI=1S/C19H16N2O2/c22-13-15-10-11-18(23-15)19-16-8-4-5-9-17(16)21(20-19)12-14-6-2-1-3-7-14/h2,4-11,19-20,22H,12-13H2. The van der Waals surface area contributed by atoms with E-state index in [-0.39, 0.29) is 12.6 Å². The van der Waals surface area contributed by atoms with Gasteiger partial charge in [-0.1, -0.05) is 29.7 Å². The maximum atomic E-state index is 9.20. The molecule has 2 aromatic rings. The summed E-state index contributed by atoms with van der Waals surface area (Å²) in [5, 5.41) is 11.3. The first-order chi connectivity index (χ1) is 11.3. The smallest absolute Gasteiger partial charge is 0.129 e. The second-order valence-electron chi connectivity index (χ2n) is 5.51. The lowest BCUT2D eigenvalue weighted by Crippen LogP contribution is -2.36. The number of para-hydroxylation sites is 1. The Balaban J connectivity index is 1.65. The third kappa shape index (κ3) is 2.57. The summed E-state index contributed by atoms with van der Waals surface area (Å²) in [6, 6.07) is 11.9. The van der Waals surface area contributed by atoms with E-state index < -0.39 is 0 Å². The van der Waals surface area contributed by atoms with Crippen LogP contribution < -0.4 is 10.4 Å². The number of aliphatic hydroxyl groups is 1. The van der Waals surface area contributed by atoms with Crippen molar-refractivity contribution in [3.63, 3.8) is 0 Å². The molecular formula is C19H16N2O2. The molecule has 4 nitrogen and oxygen atoms in total. The van der Waals surface area contributed by atoms with Gasteiger partial charge in [0.15, 0.2) is 0 Å². The Kier molecular flexibility index (Phi) is 3.51. The number of rotatable bonds is 4. The number of nitrogens with zero attached hydrogens (tertiary/aromatic N) is 1. The summed E-state index contributed by atoms with van der Waals surface area (Å²) in [4.78, 5) is 0. The first-order valence-electron chi connectivity index (χ1n) is 7.54. The fourth-order valence-corrected chi connectivity index (χ4v) is 2.91. The minimum atomic E-state index is -0.0889. The SMILES string of the molecule is OCc1ccc(C2NN(CC3=CC=C=C=C3)c3ccccc32)o1. The van der Waals surface area contributed by atoms with Crippen LogP contribution in [-0.2, 0) is 6.61 Å². The first-order valence-corrected chi connectivity index (χ1v) is 7.54. The van der Waals surface area contributed by atoms with Crippen LogP contribution in [0.3, 0.4) is 0 Å². The number of aliphatic hydroxyl groups excluding tert-OH is 1. The summed E-state index contributed by atoms with van der Waals surface area (Å²) in [7, 11) is 0. The molecule has 0 fully saturated rings. The van der Waals surface area contributed by atoms with E-state index in [0.29, 0.717) is 5.76 Å². The van der Waals surface area contributed by atoms with Gasteiger partial charge in [-0.25, -0.2) is 5.43 Å². The molecule has 4 rings (SSSR count). The Morgan fingerprint density at radius 2 is 2.09 bits per heavy atom. The topological polar surface area (TPSA) is 48.6 Å². The highest BCUT2D eigenvalue weighted by atomic mass is 16.4. The van der Waals surface area contributed by atoms with Gasteiger partial charge in [-0.05, 0) is 42.0 Å². The molecule has 4 heteroatoms. The van der Waals surface area contributed by atoms with Gasteiger partial charge in [0.1, 0.15) is 24.2 Å². The van der Waals surface area contributed by atoms with Gasteiger partial charge in [0.2, 0.25) is 0 Å². The minimum Gasteiger partial charge on any atom is -0.462 e. The van der Waals surface area contributed by atoms with Crippen molar-refractivity contribution in [3.8, 4) is 0 Å². The second-order valence-corrected chi connectivity index (χ2v) is 5.51. The van der Waals surface area contributed by atoms with E-state index in [1.54, 1.807) is 0 Å². The van der Waals surface area contributed by atoms with E-state index in [2.05, 4.69) is 34.0 Å². The summed E-state index contributed by atoms with van der Waals surface area (Å²) < 4.78 is 5.72. The monoisotopic (exact) mass is 304 g/mol. The maximum absolute atomic E-state index is 9.20. The molecule has 1 aromatic carbocycles. The van der Waals surface area contributed by atoms with E-state index in [9.17, 15) is 5.11 Å². The van der Waals surface area contributed by atoms with Gasteiger partial charge in [0.25, 0.3) is 0 Å². The summed E-state index contributed by atoms with van der Waals surface area (Å²) in [6.45, 7) is 0.640. The van der Waals surface area contributed by atoms with E-state index in [0.717, 1.165) is 29.1 Å². The molecule has 1 unspecified atom stereocenters. The van der Waals surface area contributed by atoms with Crippen molar-refractivity contribution in [2.75, 3.05) is 11.6 Å². The number of hydrazine groups is 1. The molecule has 0 bridgehead atoms. The molecule has 1 aromatic heterocycles. The average molecular weight is 304 g/mol. The Morgan fingerprint density at radius 1 is 1.17 bits per heavy atom. The van der Waals surface area contributed by atoms with Gasteiger partial charge in [-0.15, -0.1) is 0 Å². The fourth-order valence-electron chi connectivity index (χ4n) is 2.91. The average Bonchev–Trinajstić information content (AvgIpc) is 3.21. The molecule has 23 heavy (non-hydrogen) atoms. The predicted molar refractivity (Wildman–Crippen MR) is 87.6 cm³/mol. The molecular weight excluding hydrogens is 288 g/mol. The molecule has 1 aliphatic heterocycles. The van der Waals surface area contributed by atoms with Crippen molar-refractivity contribution in [3.05, 3.63) is 88.7 Å². The summed E-state index contributed by atoms with van der Waals surface area (Å²) >= 11 is 0. The number of allylic oxidation sites excluding steroid dienone is 2. The van der Waals surface area contributed by atoms with Gasteiger partial charge in [0, 0.05) is 5.56 Å². The van der Waals surface area contributed by atoms with Gasteiger partial charge < -0.3 is 14.5 Å². The van der Waals surface area contributed by atoms with Gasteiger partial charge in [-0.2, -0.15) is 0 Å². The minimum absolute atomic E-state index is 0.0502. The Hall–Kier alpha value is -2.74. The van der Waals surface area contributed by atoms with Crippen molar-refractivity contribution in [1.29, 1.82) is 0 Å². The molecule has 114 valence electrons. The number of anilines is 1. The normalized spacial score (nSPS) is 18.4. The number of fused-ring (bicyclic) bond motifs is 1. The number of benzene rings is 1. The van der Waals surface area contributed by atoms with Crippen molar-refractivity contribution >= 4 is 5.69 Å². The molecule has 2 heterocycles. The highest BCUT2D eigenvalue weighted by Gasteiger charge is 2.31. The zero-order chi connectivity index (χ0) is 15.6. The van der Waals surface area contributed by atoms with Crippen LogP contribution in [0.4, 0.5) is 5.69 Å². The predicted octanol–water partition coefficient (Wildman–Crippen LogP) is 2.99. The molecule has 2 aliphatic rings. The van der Waals surface area contributed by atoms with Gasteiger partial charge in [0.05, 0.1) is 12.2 Å². The van der Waals surface area contributed by atoms with Crippen LogP contribution in [0.1, 0.15) is 23.1 Å². The molecule has 0 saturated heterocycles. The van der Waals surface area contributed by atoms with E-state index in [1.807, 2.05) is 42.5 Å². The lowest BCUT2D eigenvalue weighted by molar-refractivity contribution is 0.241. The lowest BCUT2D eigenvalue weighted by Gasteiger charge is -2.21. The van der Waals surface area contributed by atoms with Crippen LogP contribution in [0.25, 0.3) is 0 Å². The first kappa shape index (κ1) is 13.9. The van der Waals surface area contributed by atoms with Gasteiger partial charge in [-0.3, -0.25) is 0 Å². The Bertz CT molecular complexity index is 865. The van der Waals surface area contributed by atoms with Crippen molar-refractivity contribution in [2.24, 2.45) is 0 Å². The molecule has 1 aliphatic carbocycles. The van der Waals surface area contributed by atoms with Crippen LogP contribution in [0, 0.1) is 0 Å². The zero-order valence-electron chi connectivity index (χ0n) is 12.5. The maximum Gasteiger partial charge on any atom is 0.129 e. The third-order valence-corrected chi connectivity index (χ3v) is 4.01. The van der Waals surface area contributed by atoms with E-state index >= 15 is 0 Å². The highest BCUT2D eigenvalue weighted by Crippen LogP contribution is 2.37. The largest absolute Gasteiger partial charge is 0.462 e. The summed E-state index contributed by atoms with van der Waals surface area (Å²) in [5.41, 5.74) is 12.8. The van der Waals surface area contributed by atoms with Crippen molar-refractivity contribution < 1.29 is 9.52 Å². The quantitative estimate of drug-likeness (QED) is 0.853. The second kappa shape index (κ2) is 5.81. The fraction of sp³-hybridized carbons (Fsp3) is 0.158. The van der Waals surface area contributed by atoms with Crippen LogP contribution in [0.15, 0.2) is 76.1 Å². The Labute approximate surface area is 134 Å². The molecule has 0 radical (unpaired) electrons. The van der Waals surface area contributed by atoms with Gasteiger partial charge >= 0.3 is 0 Å². The number of furan rings is 1. The molecule has 2 N–H and O–H groups in total. The summed E-state index contributed by atoms with van der Waals surface area (Å²) in [6.07, 6.45) is 5.84. The van der Waals surface area contributed by atoms with E-state index in [4.69, 9.17) is 4.42 Å². The Morgan fingerprint density at radius 3 is 2.87 bits per heavy atom. The zero-order valence-corrected chi connectivity index (χ0v) is 12.5. The van der Waals surface area contributed by atoms with Crippen LogP contribution >= 0.6 is 0 Å². The van der Waals surface area contributed by atoms with Crippen LogP contribution in [0.5, 0.6) is 0 Å². The number of nitrogens with one attached hydrogen (secondary N) is 1. The summed E-state index contributed by atoms with van der Waals surface area (Å²) in [5.74, 6) is 1.38. The van der Waals surface area contributed by atoms with Crippen molar-refractivity contribution in [2.45, 2.75) is 12.6 Å². The van der Waals surface area contributed by atoms with E-state index in [1.165, 1.54) is 0 Å². The highest BCUT2D eigenvalue weighted by molar-refractivity contribution is 5.61. The van der Waals surface area contributed by atoms with Crippen molar-refractivity contribution in [1.82, 2.24) is 5.43 Å². The third-order valence-electron chi connectivity index (χ3n) is 4.01. The molecule has 0 saturated carbocycles. The molecule has 0 amide bonds. The lowest BCUT2D eigenvalue weighted by atomic mass is 10.0. The van der Waals surface area contributed by atoms with Crippen LogP contribution in [-0.4, -0.2) is 11.7 Å². The number of hydrogen-bond acceptors (Lipinski definition) is 4.